The van der Waals surface area contributed by atoms with Gasteiger partial charge in [0, 0.05) is 18.2 Å². The average molecular weight is 392 g/mol. The third-order valence-electron chi connectivity index (χ3n) is 5.91. The Morgan fingerprint density at radius 2 is 2.10 bits per heavy atom. The van der Waals surface area contributed by atoms with E-state index in [1.54, 1.807) is 29.2 Å². The van der Waals surface area contributed by atoms with Gasteiger partial charge in [-0.25, -0.2) is 9.37 Å². The molecule has 1 aliphatic carbocycles. The van der Waals surface area contributed by atoms with Gasteiger partial charge in [-0.05, 0) is 56.0 Å². The summed E-state index contributed by atoms with van der Waals surface area (Å²) in [6.07, 6.45) is 3.64. The molecule has 1 spiro atoms. The topological polar surface area (TPSA) is 86.1 Å². The maximum Gasteiger partial charge on any atom is 0.251 e. The van der Waals surface area contributed by atoms with Crippen LogP contribution in [0.3, 0.4) is 0 Å². The van der Waals surface area contributed by atoms with Gasteiger partial charge < -0.3 is 5.32 Å². The third kappa shape index (κ3) is 3.70. The lowest BCUT2D eigenvalue weighted by Crippen LogP contribution is -2.46. The van der Waals surface area contributed by atoms with Crippen LogP contribution in [0.15, 0.2) is 42.5 Å². The van der Waals surface area contributed by atoms with Gasteiger partial charge in [0.15, 0.2) is 0 Å². The van der Waals surface area contributed by atoms with E-state index in [9.17, 15) is 14.0 Å². The quantitative estimate of drug-likeness (QED) is 0.869. The summed E-state index contributed by atoms with van der Waals surface area (Å²) in [6.45, 7) is 0.547. The molecule has 0 unspecified atom stereocenters. The van der Waals surface area contributed by atoms with Crippen LogP contribution in [0.25, 0.3) is 0 Å². The summed E-state index contributed by atoms with van der Waals surface area (Å²) in [7, 11) is 0. The number of halogens is 1. The second-order valence-electron chi connectivity index (χ2n) is 7.76. The largest absolute Gasteiger partial charge is 0.349 e. The molecule has 1 aromatic heterocycles. The van der Waals surface area contributed by atoms with Gasteiger partial charge in [0.1, 0.15) is 23.4 Å². The molecule has 1 saturated heterocycles. The molecule has 6 nitrogen and oxygen atoms in total. The van der Waals surface area contributed by atoms with E-state index in [2.05, 4.69) is 10.3 Å². The first-order valence-electron chi connectivity index (χ1n) is 9.76. The van der Waals surface area contributed by atoms with Crippen LogP contribution in [0.5, 0.6) is 0 Å². The Labute approximate surface area is 168 Å². The predicted octanol–water partition coefficient (Wildman–Crippen LogP) is 3.19. The SMILES string of the molecule is N#Cc1cccc(N2CC[C@]3(CCC[C@H](NC(=O)c4cccc(F)c4)C3)C2=O)n1. The molecular weight excluding hydrogens is 371 g/mol. The molecule has 1 saturated carbocycles. The van der Waals surface area contributed by atoms with Crippen LogP contribution in [0, 0.1) is 22.6 Å². The third-order valence-corrected chi connectivity index (χ3v) is 5.91. The smallest absolute Gasteiger partial charge is 0.251 e. The van der Waals surface area contributed by atoms with E-state index in [1.165, 1.54) is 18.2 Å². The molecule has 1 N–H and O–H groups in total. The zero-order chi connectivity index (χ0) is 20.4. The Kier molecular flexibility index (Phi) is 5.01. The van der Waals surface area contributed by atoms with Gasteiger partial charge in [-0.3, -0.25) is 14.5 Å². The van der Waals surface area contributed by atoms with Crippen LogP contribution >= 0.6 is 0 Å². The highest BCUT2D eigenvalue weighted by atomic mass is 19.1. The summed E-state index contributed by atoms with van der Waals surface area (Å²) in [5, 5.41) is 12.0. The van der Waals surface area contributed by atoms with E-state index in [0.717, 1.165) is 19.3 Å². The lowest BCUT2D eigenvalue weighted by molar-refractivity contribution is -0.127. The number of benzene rings is 1. The minimum atomic E-state index is -0.525. The molecule has 2 fully saturated rings. The van der Waals surface area contributed by atoms with Gasteiger partial charge >= 0.3 is 0 Å². The predicted molar refractivity (Wildman–Crippen MR) is 104 cm³/mol. The number of amides is 2. The lowest BCUT2D eigenvalue weighted by atomic mass is 9.71. The second-order valence-corrected chi connectivity index (χ2v) is 7.76. The van der Waals surface area contributed by atoms with Crippen molar-refractivity contribution < 1.29 is 14.0 Å². The van der Waals surface area contributed by atoms with Crippen molar-refractivity contribution in [2.75, 3.05) is 11.4 Å². The molecule has 0 bridgehead atoms. The molecule has 2 heterocycles. The molecule has 1 aromatic carbocycles. The van der Waals surface area contributed by atoms with Crippen molar-refractivity contribution in [2.24, 2.45) is 5.41 Å². The van der Waals surface area contributed by atoms with Crippen molar-refractivity contribution in [2.45, 2.75) is 38.1 Å². The standard InChI is InChI=1S/C22H21FN4O2/c23-16-5-1-4-15(12-16)20(28)26-17-7-3-9-22(13-17)10-11-27(21(22)29)19-8-2-6-18(14-24)25-19/h1-2,4-6,8,12,17H,3,7,9-11,13H2,(H,26,28)/t17-,22-/m0/s1. The first-order chi connectivity index (χ1) is 14.0. The number of rotatable bonds is 3. The van der Waals surface area contributed by atoms with Gasteiger partial charge in [0.2, 0.25) is 5.91 Å². The fourth-order valence-electron chi connectivity index (χ4n) is 4.48. The minimum Gasteiger partial charge on any atom is -0.349 e. The molecule has 2 aromatic rings. The normalized spacial score (nSPS) is 23.8. The highest BCUT2D eigenvalue weighted by Crippen LogP contribution is 2.45. The fourth-order valence-corrected chi connectivity index (χ4v) is 4.48. The summed E-state index contributed by atoms with van der Waals surface area (Å²) >= 11 is 0. The van der Waals surface area contributed by atoms with Crippen molar-refractivity contribution in [3.8, 4) is 6.07 Å². The average Bonchev–Trinajstić information content (AvgIpc) is 3.03. The molecule has 7 heteroatoms. The molecule has 1 aliphatic heterocycles. The molecular formula is C22H21FN4O2. The Bertz CT molecular complexity index is 1000. The van der Waals surface area contributed by atoms with Gasteiger partial charge in [-0.1, -0.05) is 18.6 Å². The van der Waals surface area contributed by atoms with Crippen LogP contribution in [0.1, 0.15) is 48.2 Å². The van der Waals surface area contributed by atoms with Crippen molar-refractivity contribution in [3.05, 3.63) is 59.5 Å². The zero-order valence-electron chi connectivity index (χ0n) is 15.9. The molecule has 148 valence electrons. The minimum absolute atomic E-state index is 0.00444. The first-order valence-corrected chi connectivity index (χ1v) is 9.76. The summed E-state index contributed by atoms with van der Waals surface area (Å²) < 4.78 is 13.4. The molecule has 29 heavy (non-hydrogen) atoms. The summed E-state index contributed by atoms with van der Waals surface area (Å²) in [5.41, 5.74) is 0.0317. The summed E-state index contributed by atoms with van der Waals surface area (Å²) in [6, 6.07) is 12.5. The number of carbonyl (C=O) groups excluding carboxylic acids is 2. The van der Waals surface area contributed by atoms with Crippen molar-refractivity contribution in [1.29, 1.82) is 5.26 Å². The lowest BCUT2D eigenvalue weighted by Gasteiger charge is -2.36. The van der Waals surface area contributed by atoms with E-state index in [0.29, 0.717) is 25.2 Å². The van der Waals surface area contributed by atoms with E-state index in [-0.39, 0.29) is 29.1 Å². The van der Waals surface area contributed by atoms with E-state index in [1.807, 2.05) is 6.07 Å². The number of nitrogens with one attached hydrogen (secondary N) is 1. The Morgan fingerprint density at radius 3 is 2.90 bits per heavy atom. The summed E-state index contributed by atoms with van der Waals surface area (Å²) in [5.74, 6) is -0.273. The van der Waals surface area contributed by atoms with Gasteiger partial charge in [0.05, 0.1) is 5.41 Å². The van der Waals surface area contributed by atoms with Crippen LogP contribution in [0.4, 0.5) is 10.2 Å². The van der Waals surface area contributed by atoms with E-state index < -0.39 is 11.2 Å². The van der Waals surface area contributed by atoms with E-state index >= 15 is 0 Å². The maximum absolute atomic E-state index is 13.4. The monoisotopic (exact) mass is 392 g/mol. The number of hydrogen-bond acceptors (Lipinski definition) is 4. The number of hydrogen-bond donors (Lipinski definition) is 1. The van der Waals surface area contributed by atoms with Crippen LogP contribution < -0.4 is 10.2 Å². The number of nitriles is 1. The molecule has 4 rings (SSSR count). The number of nitrogens with zero attached hydrogens (tertiary/aromatic N) is 3. The van der Waals surface area contributed by atoms with Gasteiger partial charge in [0.25, 0.3) is 5.91 Å². The number of carbonyl (C=O) groups is 2. The number of aromatic nitrogens is 1. The van der Waals surface area contributed by atoms with Gasteiger partial charge in [-0.2, -0.15) is 5.26 Å². The molecule has 0 radical (unpaired) electrons. The number of pyridine rings is 1. The Morgan fingerprint density at radius 1 is 1.28 bits per heavy atom. The first kappa shape index (κ1) is 19.1. The highest BCUT2D eigenvalue weighted by Gasteiger charge is 2.50. The van der Waals surface area contributed by atoms with Gasteiger partial charge in [-0.15, -0.1) is 0 Å². The Balaban J connectivity index is 1.48. The maximum atomic E-state index is 13.4. The zero-order valence-corrected chi connectivity index (χ0v) is 15.9. The van der Waals surface area contributed by atoms with E-state index in [4.69, 9.17) is 5.26 Å². The van der Waals surface area contributed by atoms with Crippen LogP contribution in [0.2, 0.25) is 0 Å². The second kappa shape index (κ2) is 7.63. The summed E-state index contributed by atoms with van der Waals surface area (Å²) in [4.78, 5) is 31.7. The molecule has 2 amide bonds. The number of anilines is 1. The molecule has 2 atom stereocenters. The molecule has 2 aliphatic rings. The van der Waals surface area contributed by atoms with Crippen LogP contribution in [-0.4, -0.2) is 29.4 Å². The Hall–Kier alpha value is -3.27. The fraction of sp³-hybridized carbons (Fsp3) is 0.364. The van der Waals surface area contributed by atoms with Crippen molar-refractivity contribution >= 4 is 17.6 Å². The van der Waals surface area contributed by atoms with Crippen molar-refractivity contribution in [1.82, 2.24) is 10.3 Å². The van der Waals surface area contributed by atoms with Crippen molar-refractivity contribution in [3.63, 3.8) is 0 Å². The van der Waals surface area contributed by atoms with Crippen LogP contribution in [-0.2, 0) is 4.79 Å². The highest BCUT2D eigenvalue weighted by molar-refractivity contribution is 5.99.